The van der Waals surface area contributed by atoms with E-state index in [2.05, 4.69) is 26.9 Å². The number of hydrogen-bond donors (Lipinski definition) is 0. The lowest BCUT2D eigenvalue weighted by molar-refractivity contribution is -0.116. The van der Waals surface area contributed by atoms with Crippen molar-refractivity contribution in [1.29, 1.82) is 0 Å². The molecule has 4 rings (SSSR count). The highest BCUT2D eigenvalue weighted by Gasteiger charge is 2.31. The second kappa shape index (κ2) is 8.82. The molecule has 1 aliphatic carbocycles. The number of carbonyl (C=O) groups excluding carboxylic acids is 1. The average Bonchev–Trinajstić information content (AvgIpc) is 3.50. The van der Waals surface area contributed by atoms with E-state index in [1.54, 1.807) is 0 Å². The molecule has 0 spiro atoms. The third kappa shape index (κ3) is 4.70. The van der Waals surface area contributed by atoms with Gasteiger partial charge in [0.2, 0.25) is 5.91 Å². The molecular formula is C23H26N4OS. The summed E-state index contributed by atoms with van der Waals surface area (Å²) in [6, 6.07) is 20.3. The van der Waals surface area contributed by atoms with E-state index >= 15 is 0 Å². The lowest BCUT2D eigenvalue weighted by Gasteiger charge is -2.26. The zero-order valence-corrected chi connectivity index (χ0v) is 17.7. The fourth-order valence-corrected chi connectivity index (χ4v) is 4.28. The first-order chi connectivity index (χ1) is 14.1. The van der Waals surface area contributed by atoms with Crippen molar-refractivity contribution in [2.75, 3.05) is 10.7 Å². The van der Waals surface area contributed by atoms with Crippen molar-refractivity contribution in [3.8, 4) is 0 Å². The van der Waals surface area contributed by atoms with Gasteiger partial charge in [-0.1, -0.05) is 60.3 Å². The summed E-state index contributed by atoms with van der Waals surface area (Å²) >= 11 is 1.48. The number of benzene rings is 2. The van der Waals surface area contributed by atoms with Crippen molar-refractivity contribution in [2.24, 2.45) is 0 Å². The van der Waals surface area contributed by atoms with Crippen LogP contribution in [0, 0.1) is 0 Å². The molecule has 1 aliphatic rings. The molecule has 150 valence electrons. The average molecular weight is 407 g/mol. The van der Waals surface area contributed by atoms with E-state index in [0.29, 0.717) is 11.7 Å². The Kier molecular flexibility index (Phi) is 6.00. The van der Waals surface area contributed by atoms with Crippen LogP contribution in [0.25, 0.3) is 0 Å². The molecule has 0 N–H and O–H groups in total. The van der Waals surface area contributed by atoms with Crippen LogP contribution in [0.3, 0.4) is 0 Å². The zero-order valence-electron chi connectivity index (χ0n) is 16.9. The van der Waals surface area contributed by atoms with Crippen LogP contribution in [0.2, 0.25) is 0 Å². The summed E-state index contributed by atoms with van der Waals surface area (Å²) in [6.07, 6.45) is 2.34. The van der Waals surface area contributed by atoms with E-state index in [1.165, 1.54) is 30.2 Å². The van der Waals surface area contributed by atoms with Crippen molar-refractivity contribution in [3.05, 3.63) is 72.1 Å². The Hall–Kier alpha value is -2.60. The highest BCUT2D eigenvalue weighted by Crippen LogP contribution is 2.40. The fourth-order valence-electron chi connectivity index (χ4n) is 3.48. The molecule has 0 bridgehead atoms. The summed E-state index contributed by atoms with van der Waals surface area (Å²) in [4.78, 5) is 14.9. The van der Waals surface area contributed by atoms with Gasteiger partial charge in [-0.15, -0.1) is 10.2 Å². The number of amides is 1. The summed E-state index contributed by atoms with van der Waals surface area (Å²) < 4.78 is 2.19. The summed E-state index contributed by atoms with van der Waals surface area (Å²) in [5.41, 5.74) is 2.15. The third-order valence-corrected chi connectivity index (χ3v) is 5.97. The molecule has 1 amide bonds. The highest BCUT2D eigenvalue weighted by atomic mass is 32.2. The minimum atomic E-state index is 0.0819. The normalized spacial score (nSPS) is 13.6. The molecule has 5 nitrogen and oxygen atoms in total. The fraction of sp³-hybridized carbons (Fsp3) is 0.348. The third-order valence-electron chi connectivity index (χ3n) is 5.02. The van der Waals surface area contributed by atoms with Crippen molar-refractivity contribution < 1.29 is 4.79 Å². The number of rotatable bonds is 8. The predicted molar refractivity (Wildman–Crippen MR) is 117 cm³/mol. The van der Waals surface area contributed by atoms with Crippen LogP contribution >= 0.6 is 11.8 Å². The summed E-state index contributed by atoms with van der Waals surface area (Å²) in [5.74, 6) is 1.98. The van der Waals surface area contributed by atoms with Crippen LogP contribution in [-0.2, 0) is 11.3 Å². The molecule has 6 heteroatoms. The molecule has 1 saturated carbocycles. The number of aromatic nitrogens is 3. The van der Waals surface area contributed by atoms with Crippen LogP contribution in [0.15, 0.2) is 65.8 Å². The molecule has 2 aromatic carbocycles. The van der Waals surface area contributed by atoms with Crippen molar-refractivity contribution >= 4 is 23.4 Å². The molecule has 1 aromatic heterocycles. The predicted octanol–water partition coefficient (Wildman–Crippen LogP) is 4.74. The maximum Gasteiger partial charge on any atom is 0.237 e. The van der Waals surface area contributed by atoms with Gasteiger partial charge in [-0.3, -0.25) is 4.79 Å². The molecular weight excluding hydrogens is 380 g/mol. The Balaban J connectivity index is 1.51. The van der Waals surface area contributed by atoms with Gasteiger partial charge < -0.3 is 9.47 Å². The van der Waals surface area contributed by atoms with Crippen molar-refractivity contribution in [1.82, 2.24) is 14.8 Å². The topological polar surface area (TPSA) is 51.0 Å². The Morgan fingerprint density at radius 2 is 1.72 bits per heavy atom. The Bertz CT molecular complexity index is 952. The van der Waals surface area contributed by atoms with E-state index in [4.69, 9.17) is 0 Å². The first-order valence-corrected chi connectivity index (χ1v) is 11.1. The van der Waals surface area contributed by atoms with Gasteiger partial charge in [0.1, 0.15) is 5.82 Å². The standard InChI is InChI=1S/C23H26N4OS/c1-17(2)27(20-11-7-4-8-12-20)21(28)16-29-23-25-24-22(19-13-14-19)26(23)15-18-9-5-3-6-10-18/h3-12,17,19H,13-16H2,1-2H3. The molecule has 0 unspecified atom stereocenters. The zero-order chi connectivity index (χ0) is 20.2. The number of para-hydroxylation sites is 1. The summed E-state index contributed by atoms with van der Waals surface area (Å²) in [7, 11) is 0. The van der Waals surface area contributed by atoms with Gasteiger partial charge in [0, 0.05) is 17.6 Å². The molecule has 0 radical (unpaired) electrons. The summed E-state index contributed by atoms with van der Waals surface area (Å²) in [5, 5.41) is 9.71. The largest absolute Gasteiger partial charge is 0.309 e. The van der Waals surface area contributed by atoms with E-state index < -0.39 is 0 Å². The SMILES string of the molecule is CC(C)N(C(=O)CSc1nnc(C2CC2)n1Cc1ccccc1)c1ccccc1. The number of nitrogens with zero attached hydrogens (tertiary/aromatic N) is 4. The maximum absolute atomic E-state index is 13.0. The number of carbonyl (C=O) groups is 1. The molecule has 1 fully saturated rings. The van der Waals surface area contributed by atoms with E-state index in [1.807, 2.05) is 67.3 Å². The van der Waals surface area contributed by atoms with Gasteiger partial charge in [0.05, 0.1) is 12.3 Å². The van der Waals surface area contributed by atoms with Gasteiger partial charge in [0.25, 0.3) is 0 Å². The number of anilines is 1. The Morgan fingerprint density at radius 1 is 1.07 bits per heavy atom. The minimum Gasteiger partial charge on any atom is -0.309 e. The highest BCUT2D eigenvalue weighted by molar-refractivity contribution is 7.99. The van der Waals surface area contributed by atoms with Crippen LogP contribution in [-0.4, -0.2) is 32.5 Å². The van der Waals surface area contributed by atoms with Gasteiger partial charge in [-0.2, -0.15) is 0 Å². The number of thioether (sulfide) groups is 1. The summed E-state index contributed by atoms with van der Waals surface area (Å²) in [6.45, 7) is 4.82. The first kappa shape index (κ1) is 19.7. The quantitative estimate of drug-likeness (QED) is 0.507. The Morgan fingerprint density at radius 3 is 2.34 bits per heavy atom. The minimum absolute atomic E-state index is 0.0819. The monoisotopic (exact) mass is 406 g/mol. The molecule has 29 heavy (non-hydrogen) atoms. The lowest BCUT2D eigenvalue weighted by atomic mass is 10.2. The van der Waals surface area contributed by atoms with Crippen LogP contribution in [0.4, 0.5) is 5.69 Å². The maximum atomic E-state index is 13.0. The second-order valence-corrected chi connectivity index (χ2v) is 8.61. The van der Waals surface area contributed by atoms with Crippen LogP contribution in [0.1, 0.15) is 44.0 Å². The van der Waals surface area contributed by atoms with Crippen molar-refractivity contribution in [3.63, 3.8) is 0 Å². The Labute approximate surface area is 176 Å². The second-order valence-electron chi connectivity index (χ2n) is 7.67. The smallest absolute Gasteiger partial charge is 0.237 e. The first-order valence-electron chi connectivity index (χ1n) is 10.1. The van der Waals surface area contributed by atoms with E-state index in [9.17, 15) is 4.79 Å². The molecule has 0 aliphatic heterocycles. The molecule has 0 atom stereocenters. The van der Waals surface area contributed by atoms with Crippen LogP contribution < -0.4 is 4.90 Å². The molecule has 1 heterocycles. The lowest BCUT2D eigenvalue weighted by Crippen LogP contribution is -2.38. The molecule has 3 aromatic rings. The number of hydrogen-bond acceptors (Lipinski definition) is 4. The van der Waals surface area contributed by atoms with Gasteiger partial charge >= 0.3 is 0 Å². The molecule has 0 saturated heterocycles. The van der Waals surface area contributed by atoms with E-state index in [-0.39, 0.29) is 11.9 Å². The van der Waals surface area contributed by atoms with E-state index in [0.717, 1.165) is 23.2 Å². The van der Waals surface area contributed by atoms with Gasteiger partial charge in [0.15, 0.2) is 5.16 Å². The van der Waals surface area contributed by atoms with Crippen molar-refractivity contribution in [2.45, 2.75) is 50.4 Å². The van der Waals surface area contributed by atoms with Gasteiger partial charge in [-0.05, 0) is 44.4 Å². The van der Waals surface area contributed by atoms with Gasteiger partial charge in [-0.25, -0.2) is 0 Å². The van der Waals surface area contributed by atoms with Crippen LogP contribution in [0.5, 0.6) is 0 Å².